The van der Waals surface area contributed by atoms with E-state index in [2.05, 4.69) is 34.0 Å². The van der Waals surface area contributed by atoms with Crippen LogP contribution in [0.2, 0.25) is 0 Å². The first-order chi connectivity index (χ1) is 13.2. The number of hydrogen-bond acceptors (Lipinski definition) is 4. The molecule has 2 heterocycles. The lowest BCUT2D eigenvalue weighted by Crippen LogP contribution is -2.50. The zero-order valence-corrected chi connectivity index (χ0v) is 18.1. The third kappa shape index (κ3) is 6.91. The van der Waals surface area contributed by atoms with Gasteiger partial charge in [-0.25, -0.2) is 0 Å². The van der Waals surface area contributed by atoms with Gasteiger partial charge in [0.2, 0.25) is 0 Å². The molecule has 0 saturated carbocycles. The van der Waals surface area contributed by atoms with Gasteiger partial charge in [-0.15, -0.1) is 0 Å². The molecule has 0 aromatic rings. The number of methoxy groups -OCH3 is 1. The molecule has 0 amide bonds. The SMILES string of the molecule is CCC(CC)C(CNC(=NC)N1CCC(COCCOC)C1)N1CCCC1. The summed E-state index contributed by atoms with van der Waals surface area (Å²) < 4.78 is 10.8. The summed E-state index contributed by atoms with van der Waals surface area (Å²) >= 11 is 0. The average molecular weight is 383 g/mol. The Labute approximate surface area is 166 Å². The van der Waals surface area contributed by atoms with Gasteiger partial charge in [0.05, 0.1) is 19.8 Å². The molecule has 2 rings (SSSR count). The van der Waals surface area contributed by atoms with E-state index in [9.17, 15) is 0 Å². The molecular formula is C21H42N4O2. The Morgan fingerprint density at radius 1 is 1.15 bits per heavy atom. The number of rotatable bonds is 11. The van der Waals surface area contributed by atoms with Crippen molar-refractivity contribution in [2.45, 2.75) is 52.0 Å². The third-order valence-corrected chi connectivity index (χ3v) is 6.25. The summed E-state index contributed by atoms with van der Waals surface area (Å²) in [6.45, 7) is 12.5. The lowest BCUT2D eigenvalue weighted by atomic mass is 9.93. The standard InChI is InChI=1S/C21H42N4O2/c1-5-19(6-2)20(24-10-7-8-11-24)15-23-21(22-3)25-12-9-18(16-25)17-27-14-13-26-4/h18-20H,5-17H2,1-4H3,(H,22,23). The second-order valence-corrected chi connectivity index (χ2v) is 7.98. The van der Waals surface area contributed by atoms with Crippen LogP contribution in [-0.4, -0.2) is 88.5 Å². The second kappa shape index (κ2) is 12.6. The van der Waals surface area contributed by atoms with Gasteiger partial charge in [0, 0.05) is 45.8 Å². The van der Waals surface area contributed by atoms with Crippen molar-refractivity contribution < 1.29 is 9.47 Å². The largest absolute Gasteiger partial charge is 0.382 e. The maximum atomic E-state index is 5.73. The molecule has 2 atom stereocenters. The summed E-state index contributed by atoms with van der Waals surface area (Å²) in [4.78, 5) is 9.68. The molecule has 2 aliphatic rings. The highest BCUT2D eigenvalue weighted by molar-refractivity contribution is 5.80. The fourth-order valence-corrected chi connectivity index (χ4v) is 4.58. The van der Waals surface area contributed by atoms with Gasteiger partial charge in [0.15, 0.2) is 5.96 Å². The summed E-state index contributed by atoms with van der Waals surface area (Å²) in [5.74, 6) is 2.41. The van der Waals surface area contributed by atoms with Gasteiger partial charge in [-0.1, -0.05) is 26.7 Å². The van der Waals surface area contributed by atoms with E-state index < -0.39 is 0 Å². The Morgan fingerprint density at radius 3 is 2.52 bits per heavy atom. The van der Waals surface area contributed by atoms with Crippen LogP contribution in [0.1, 0.15) is 46.0 Å². The van der Waals surface area contributed by atoms with E-state index in [1.165, 1.54) is 45.2 Å². The molecule has 1 N–H and O–H groups in total. The average Bonchev–Trinajstić information content (AvgIpc) is 3.37. The van der Waals surface area contributed by atoms with Crippen LogP contribution in [0.15, 0.2) is 4.99 Å². The first-order valence-corrected chi connectivity index (χ1v) is 11.0. The molecule has 0 radical (unpaired) electrons. The van der Waals surface area contributed by atoms with Gasteiger partial charge in [-0.2, -0.15) is 0 Å². The molecule has 0 aliphatic carbocycles. The fraction of sp³-hybridized carbons (Fsp3) is 0.952. The van der Waals surface area contributed by atoms with E-state index in [1.54, 1.807) is 7.11 Å². The number of aliphatic imine (C=N–C) groups is 1. The summed E-state index contributed by atoms with van der Waals surface area (Å²) in [6.07, 6.45) is 6.38. The van der Waals surface area contributed by atoms with Crippen molar-refractivity contribution in [2.24, 2.45) is 16.8 Å². The molecule has 0 bridgehead atoms. The highest BCUT2D eigenvalue weighted by Crippen LogP contribution is 2.23. The molecule has 0 aromatic carbocycles. The van der Waals surface area contributed by atoms with Crippen LogP contribution in [0.4, 0.5) is 0 Å². The molecule has 2 unspecified atom stereocenters. The van der Waals surface area contributed by atoms with E-state index in [-0.39, 0.29) is 0 Å². The first-order valence-electron chi connectivity index (χ1n) is 11.0. The van der Waals surface area contributed by atoms with Crippen molar-refractivity contribution in [1.82, 2.24) is 15.1 Å². The second-order valence-electron chi connectivity index (χ2n) is 7.98. The lowest BCUT2D eigenvalue weighted by molar-refractivity contribution is 0.0536. The van der Waals surface area contributed by atoms with Gasteiger partial charge in [-0.05, 0) is 38.3 Å². The van der Waals surface area contributed by atoms with E-state index in [4.69, 9.17) is 9.47 Å². The van der Waals surface area contributed by atoms with Crippen LogP contribution in [0.5, 0.6) is 0 Å². The zero-order chi connectivity index (χ0) is 19.5. The van der Waals surface area contributed by atoms with Crippen LogP contribution in [0, 0.1) is 11.8 Å². The number of ether oxygens (including phenoxy) is 2. The smallest absolute Gasteiger partial charge is 0.193 e. The van der Waals surface area contributed by atoms with E-state index >= 15 is 0 Å². The minimum atomic E-state index is 0.591. The van der Waals surface area contributed by atoms with Gasteiger partial charge < -0.3 is 19.7 Å². The molecular weight excluding hydrogens is 340 g/mol. The van der Waals surface area contributed by atoms with Crippen molar-refractivity contribution in [3.8, 4) is 0 Å². The molecule has 6 nitrogen and oxygen atoms in total. The molecule has 2 saturated heterocycles. The summed E-state index contributed by atoms with van der Waals surface area (Å²) in [5.41, 5.74) is 0. The van der Waals surface area contributed by atoms with Crippen molar-refractivity contribution >= 4 is 5.96 Å². The quantitative estimate of drug-likeness (QED) is 0.338. The lowest BCUT2D eigenvalue weighted by Gasteiger charge is -2.35. The molecule has 158 valence electrons. The number of hydrogen-bond donors (Lipinski definition) is 1. The van der Waals surface area contributed by atoms with E-state index in [1.807, 2.05) is 7.05 Å². The Bertz CT molecular complexity index is 420. The first kappa shape index (κ1) is 22.4. The topological polar surface area (TPSA) is 49.3 Å². The Kier molecular flexibility index (Phi) is 10.5. The van der Waals surface area contributed by atoms with Crippen LogP contribution in [0.3, 0.4) is 0 Å². The van der Waals surface area contributed by atoms with E-state index in [0.29, 0.717) is 25.2 Å². The van der Waals surface area contributed by atoms with Crippen LogP contribution in [-0.2, 0) is 9.47 Å². The predicted octanol–water partition coefficient (Wildman–Crippen LogP) is 2.45. The number of guanidine groups is 1. The fourth-order valence-electron chi connectivity index (χ4n) is 4.58. The monoisotopic (exact) mass is 382 g/mol. The van der Waals surface area contributed by atoms with Crippen LogP contribution in [0.25, 0.3) is 0 Å². The van der Waals surface area contributed by atoms with Crippen molar-refractivity contribution in [2.75, 3.05) is 66.7 Å². The Balaban J connectivity index is 1.82. The number of nitrogens with one attached hydrogen (secondary N) is 1. The van der Waals surface area contributed by atoms with E-state index in [0.717, 1.165) is 38.1 Å². The van der Waals surface area contributed by atoms with Gasteiger partial charge in [0.1, 0.15) is 0 Å². The predicted molar refractivity (Wildman–Crippen MR) is 112 cm³/mol. The van der Waals surface area contributed by atoms with Crippen LogP contribution >= 0.6 is 0 Å². The molecule has 2 fully saturated rings. The maximum Gasteiger partial charge on any atom is 0.193 e. The minimum absolute atomic E-state index is 0.591. The highest BCUT2D eigenvalue weighted by atomic mass is 16.5. The van der Waals surface area contributed by atoms with Gasteiger partial charge >= 0.3 is 0 Å². The number of nitrogens with zero attached hydrogens (tertiary/aromatic N) is 3. The van der Waals surface area contributed by atoms with Gasteiger partial charge in [-0.3, -0.25) is 9.89 Å². The molecule has 27 heavy (non-hydrogen) atoms. The zero-order valence-electron chi connectivity index (χ0n) is 18.1. The summed E-state index contributed by atoms with van der Waals surface area (Å²) in [5, 5.41) is 3.71. The molecule has 2 aliphatic heterocycles. The maximum absolute atomic E-state index is 5.73. The van der Waals surface area contributed by atoms with Crippen LogP contribution < -0.4 is 5.32 Å². The third-order valence-electron chi connectivity index (χ3n) is 6.25. The summed E-state index contributed by atoms with van der Waals surface area (Å²) in [6, 6.07) is 0.620. The summed E-state index contributed by atoms with van der Waals surface area (Å²) in [7, 11) is 3.63. The number of likely N-dealkylation sites (tertiary alicyclic amines) is 2. The van der Waals surface area contributed by atoms with Crippen molar-refractivity contribution in [1.29, 1.82) is 0 Å². The molecule has 0 aromatic heterocycles. The van der Waals surface area contributed by atoms with Gasteiger partial charge in [0.25, 0.3) is 0 Å². The molecule has 0 spiro atoms. The van der Waals surface area contributed by atoms with Crippen molar-refractivity contribution in [3.63, 3.8) is 0 Å². The molecule has 6 heteroatoms. The van der Waals surface area contributed by atoms with Crippen molar-refractivity contribution in [3.05, 3.63) is 0 Å². The highest BCUT2D eigenvalue weighted by Gasteiger charge is 2.29. The Morgan fingerprint density at radius 2 is 1.89 bits per heavy atom. The minimum Gasteiger partial charge on any atom is -0.382 e. The Hall–Kier alpha value is -0.850. The normalized spacial score (nSPS) is 22.8.